The largest absolute Gasteiger partial charge is 0.339 e. The van der Waals surface area contributed by atoms with Crippen LogP contribution in [0.3, 0.4) is 0 Å². The van der Waals surface area contributed by atoms with Crippen LogP contribution in [0, 0.1) is 5.82 Å². The minimum Gasteiger partial charge on any atom is -0.339 e. The molecular formula is C17H11Cl2FN4O. The SMILES string of the molecule is O=C(Nc1cccc(F)c1)c1cnc(Nc2cc(Cl)cc(Cl)c2)cn1. The van der Waals surface area contributed by atoms with Gasteiger partial charge in [0, 0.05) is 21.4 Å². The molecule has 25 heavy (non-hydrogen) atoms. The molecule has 3 aromatic rings. The number of aromatic nitrogens is 2. The first kappa shape index (κ1) is 17.1. The van der Waals surface area contributed by atoms with Crippen LogP contribution < -0.4 is 10.6 Å². The molecule has 0 spiro atoms. The lowest BCUT2D eigenvalue weighted by molar-refractivity contribution is 0.102. The summed E-state index contributed by atoms with van der Waals surface area (Å²) >= 11 is 11.9. The van der Waals surface area contributed by atoms with Crippen molar-refractivity contribution in [2.75, 3.05) is 10.6 Å². The van der Waals surface area contributed by atoms with Gasteiger partial charge in [-0.1, -0.05) is 29.3 Å². The highest BCUT2D eigenvalue weighted by atomic mass is 35.5. The van der Waals surface area contributed by atoms with Crippen LogP contribution in [0.4, 0.5) is 21.6 Å². The molecule has 0 saturated heterocycles. The number of hydrogen-bond acceptors (Lipinski definition) is 4. The fraction of sp³-hybridized carbons (Fsp3) is 0. The minimum atomic E-state index is -0.490. The smallest absolute Gasteiger partial charge is 0.275 e. The summed E-state index contributed by atoms with van der Waals surface area (Å²) in [6.45, 7) is 0. The molecule has 1 aromatic heterocycles. The summed E-state index contributed by atoms with van der Waals surface area (Å²) in [4.78, 5) is 20.3. The first-order valence-corrected chi connectivity index (χ1v) is 7.87. The second kappa shape index (κ2) is 7.46. The predicted molar refractivity (Wildman–Crippen MR) is 96.1 cm³/mol. The predicted octanol–water partition coefficient (Wildman–Crippen LogP) is 4.92. The number of rotatable bonds is 4. The van der Waals surface area contributed by atoms with Gasteiger partial charge in [-0.25, -0.2) is 14.4 Å². The summed E-state index contributed by atoms with van der Waals surface area (Å²) in [6.07, 6.45) is 2.71. The molecule has 0 radical (unpaired) electrons. The van der Waals surface area contributed by atoms with E-state index in [1.54, 1.807) is 24.3 Å². The zero-order chi connectivity index (χ0) is 17.8. The van der Waals surface area contributed by atoms with E-state index >= 15 is 0 Å². The number of carbonyl (C=O) groups excluding carboxylic acids is 1. The number of amides is 1. The summed E-state index contributed by atoms with van der Waals surface area (Å²) in [5.74, 6) is -0.514. The Hall–Kier alpha value is -2.70. The van der Waals surface area contributed by atoms with Crippen LogP contribution in [0.15, 0.2) is 54.9 Å². The summed E-state index contributed by atoms with van der Waals surface area (Å²) in [6, 6.07) is 10.5. The summed E-state index contributed by atoms with van der Waals surface area (Å²) in [5.41, 5.74) is 1.07. The van der Waals surface area contributed by atoms with Crippen LogP contribution in [-0.2, 0) is 0 Å². The Bertz CT molecular complexity index is 899. The van der Waals surface area contributed by atoms with Crippen LogP contribution in [0.5, 0.6) is 0 Å². The standard InChI is InChI=1S/C17H11Cl2FN4O/c18-10-4-11(19)6-14(5-10)23-16-9-21-15(8-22-16)17(25)24-13-3-1-2-12(20)7-13/h1-9H,(H,22,23)(H,24,25). The lowest BCUT2D eigenvalue weighted by Gasteiger charge is -2.08. The first-order valence-electron chi connectivity index (χ1n) is 7.12. The van der Waals surface area contributed by atoms with Crippen molar-refractivity contribution in [3.8, 4) is 0 Å². The second-order valence-corrected chi connectivity index (χ2v) is 5.91. The van der Waals surface area contributed by atoms with Gasteiger partial charge in [0.1, 0.15) is 17.3 Å². The molecule has 3 rings (SSSR count). The topological polar surface area (TPSA) is 66.9 Å². The van der Waals surface area contributed by atoms with Crippen molar-refractivity contribution in [3.05, 3.63) is 76.4 Å². The van der Waals surface area contributed by atoms with Crippen molar-refractivity contribution < 1.29 is 9.18 Å². The van der Waals surface area contributed by atoms with Crippen LogP contribution in [0.1, 0.15) is 10.5 Å². The van der Waals surface area contributed by atoms with E-state index in [0.29, 0.717) is 27.2 Å². The average molecular weight is 377 g/mol. The molecule has 8 heteroatoms. The Balaban J connectivity index is 1.70. The Morgan fingerprint density at radius 3 is 2.36 bits per heavy atom. The van der Waals surface area contributed by atoms with Crippen LogP contribution in [0.25, 0.3) is 0 Å². The van der Waals surface area contributed by atoms with Crippen molar-refractivity contribution in [1.82, 2.24) is 9.97 Å². The van der Waals surface area contributed by atoms with Gasteiger partial charge in [0.2, 0.25) is 0 Å². The van der Waals surface area contributed by atoms with Crippen molar-refractivity contribution in [2.45, 2.75) is 0 Å². The van der Waals surface area contributed by atoms with Crippen molar-refractivity contribution in [2.24, 2.45) is 0 Å². The van der Waals surface area contributed by atoms with Gasteiger partial charge < -0.3 is 10.6 Å². The van der Waals surface area contributed by atoms with E-state index in [-0.39, 0.29) is 5.69 Å². The Labute approximate surface area is 152 Å². The van der Waals surface area contributed by atoms with Crippen molar-refractivity contribution in [1.29, 1.82) is 0 Å². The number of nitrogens with one attached hydrogen (secondary N) is 2. The molecule has 0 saturated carbocycles. The van der Waals surface area contributed by atoms with Gasteiger partial charge >= 0.3 is 0 Å². The molecule has 0 aliphatic rings. The summed E-state index contributed by atoms with van der Waals surface area (Å²) in [7, 11) is 0. The van der Waals surface area contributed by atoms with Gasteiger partial charge in [-0.05, 0) is 36.4 Å². The Morgan fingerprint density at radius 2 is 1.72 bits per heavy atom. The minimum absolute atomic E-state index is 0.0962. The zero-order valence-corrected chi connectivity index (χ0v) is 14.1. The van der Waals surface area contributed by atoms with E-state index in [1.807, 2.05) is 0 Å². The maximum atomic E-state index is 13.1. The number of hydrogen-bond donors (Lipinski definition) is 2. The molecule has 2 aromatic carbocycles. The fourth-order valence-corrected chi connectivity index (χ4v) is 2.57. The maximum Gasteiger partial charge on any atom is 0.275 e. The third-order valence-electron chi connectivity index (χ3n) is 3.10. The molecule has 0 bridgehead atoms. The second-order valence-electron chi connectivity index (χ2n) is 5.03. The Morgan fingerprint density at radius 1 is 0.960 bits per heavy atom. The van der Waals surface area contributed by atoms with Gasteiger partial charge in [-0.15, -0.1) is 0 Å². The number of carbonyl (C=O) groups is 1. The number of halogens is 3. The van der Waals surface area contributed by atoms with Crippen LogP contribution in [-0.4, -0.2) is 15.9 Å². The highest BCUT2D eigenvalue weighted by Crippen LogP contribution is 2.24. The third kappa shape index (κ3) is 4.65. The molecule has 0 aliphatic heterocycles. The number of benzene rings is 2. The van der Waals surface area contributed by atoms with Crippen LogP contribution >= 0.6 is 23.2 Å². The van der Waals surface area contributed by atoms with Crippen molar-refractivity contribution >= 4 is 46.3 Å². The van der Waals surface area contributed by atoms with Gasteiger partial charge in [0.05, 0.1) is 12.4 Å². The normalized spacial score (nSPS) is 10.4. The molecule has 0 unspecified atom stereocenters. The van der Waals surface area contributed by atoms with E-state index in [9.17, 15) is 9.18 Å². The average Bonchev–Trinajstić information content (AvgIpc) is 2.54. The number of anilines is 3. The molecular weight excluding hydrogens is 366 g/mol. The van der Waals surface area contributed by atoms with E-state index in [0.717, 1.165) is 0 Å². The molecule has 2 N–H and O–H groups in total. The lowest BCUT2D eigenvalue weighted by Crippen LogP contribution is -2.14. The Kier molecular flexibility index (Phi) is 5.11. The fourth-order valence-electron chi connectivity index (χ4n) is 2.05. The monoisotopic (exact) mass is 376 g/mol. The first-order chi connectivity index (χ1) is 12.0. The molecule has 0 fully saturated rings. The van der Waals surface area contributed by atoms with Gasteiger partial charge in [0.25, 0.3) is 5.91 Å². The quantitative estimate of drug-likeness (QED) is 0.678. The molecule has 0 atom stereocenters. The summed E-state index contributed by atoms with van der Waals surface area (Å²) < 4.78 is 13.1. The maximum absolute atomic E-state index is 13.1. The molecule has 1 heterocycles. The highest BCUT2D eigenvalue weighted by molar-refractivity contribution is 6.35. The van der Waals surface area contributed by atoms with E-state index in [4.69, 9.17) is 23.2 Å². The molecule has 126 valence electrons. The molecule has 1 amide bonds. The zero-order valence-electron chi connectivity index (χ0n) is 12.6. The third-order valence-corrected chi connectivity index (χ3v) is 3.54. The lowest BCUT2D eigenvalue weighted by atomic mass is 10.3. The van der Waals surface area contributed by atoms with Gasteiger partial charge in [-0.3, -0.25) is 4.79 Å². The number of nitrogens with zero attached hydrogens (tertiary/aromatic N) is 2. The van der Waals surface area contributed by atoms with E-state index in [2.05, 4.69) is 20.6 Å². The van der Waals surface area contributed by atoms with Gasteiger partial charge in [0.15, 0.2) is 0 Å². The van der Waals surface area contributed by atoms with E-state index in [1.165, 1.54) is 30.6 Å². The van der Waals surface area contributed by atoms with Crippen LogP contribution in [0.2, 0.25) is 10.0 Å². The summed E-state index contributed by atoms with van der Waals surface area (Å²) in [5, 5.41) is 6.49. The molecule has 5 nitrogen and oxygen atoms in total. The van der Waals surface area contributed by atoms with E-state index < -0.39 is 11.7 Å². The van der Waals surface area contributed by atoms with Gasteiger partial charge in [-0.2, -0.15) is 0 Å². The van der Waals surface area contributed by atoms with Crippen molar-refractivity contribution in [3.63, 3.8) is 0 Å². The highest BCUT2D eigenvalue weighted by Gasteiger charge is 2.09. The molecule has 0 aliphatic carbocycles.